The molecule has 7 heteroatoms. The number of likely N-dealkylation sites (N-methyl/N-ethyl adjacent to an activating group) is 1. The molecule has 1 aromatic heterocycles. The highest BCUT2D eigenvalue weighted by atomic mass is 16.2. The van der Waals surface area contributed by atoms with Gasteiger partial charge in [0, 0.05) is 37.9 Å². The molecule has 2 amide bonds. The van der Waals surface area contributed by atoms with Crippen molar-refractivity contribution in [1.29, 1.82) is 0 Å². The van der Waals surface area contributed by atoms with Crippen molar-refractivity contribution in [3.8, 4) is 11.3 Å². The number of carbonyl (C=O) groups is 2. The van der Waals surface area contributed by atoms with Gasteiger partial charge in [-0.1, -0.05) is 12.1 Å². The molecule has 0 unspecified atom stereocenters. The molecule has 2 N–H and O–H groups in total. The summed E-state index contributed by atoms with van der Waals surface area (Å²) in [6, 6.07) is 9.44. The number of piperidine rings is 1. The van der Waals surface area contributed by atoms with Gasteiger partial charge in [-0.15, -0.1) is 0 Å². The van der Waals surface area contributed by atoms with Crippen LogP contribution < -0.4 is 5.32 Å². The van der Waals surface area contributed by atoms with Crippen LogP contribution in [0.3, 0.4) is 0 Å². The minimum absolute atomic E-state index is 0.0230. The Kier molecular flexibility index (Phi) is 4.24. The van der Waals surface area contributed by atoms with Crippen LogP contribution in [-0.4, -0.2) is 70.6 Å². The zero-order valence-corrected chi connectivity index (χ0v) is 14.9. The summed E-state index contributed by atoms with van der Waals surface area (Å²) in [4.78, 5) is 29.2. The second-order valence-electron chi connectivity index (χ2n) is 7.05. The number of rotatable bonds is 2. The molecule has 0 saturated carbocycles. The minimum atomic E-state index is -0.459. The lowest BCUT2D eigenvalue weighted by Crippen LogP contribution is -2.67. The van der Waals surface area contributed by atoms with Gasteiger partial charge in [-0.05, 0) is 43.7 Å². The number of likely N-dealkylation sites (tertiary alicyclic amines) is 1. The van der Waals surface area contributed by atoms with Crippen LogP contribution in [0.2, 0.25) is 0 Å². The zero-order valence-electron chi connectivity index (χ0n) is 14.9. The van der Waals surface area contributed by atoms with E-state index in [1.807, 2.05) is 42.3 Å². The summed E-state index contributed by atoms with van der Waals surface area (Å²) < 4.78 is 0. The molecule has 4 rings (SSSR count). The maximum atomic E-state index is 12.8. The van der Waals surface area contributed by atoms with Crippen LogP contribution in [0, 0.1) is 0 Å². The molecule has 2 saturated heterocycles. The van der Waals surface area contributed by atoms with Gasteiger partial charge in [0.15, 0.2) is 0 Å². The summed E-state index contributed by atoms with van der Waals surface area (Å²) in [5.74, 6) is 0.122. The predicted molar refractivity (Wildman–Crippen MR) is 97.5 cm³/mol. The molecule has 1 aromatic carbocycles. The number of piperazine rings is 1. The number of aromatic amines is 1. The standard InChI is InChI=1S/C19H23N5O2/c1-23-13-10-20-18(26)19(23)7-11-24(12-8-19)17(25)15-4-2-14(3-5-15)16-6-9-21-22-16/h2-6,9H,7-8,10-13H2,1H3,(H,20,26)(H,21,22). The van der Waals surface area contributed by atoms with Crippen molar-refractivity contribution in [3.63, 3.8) is 0 Å². The normalized spacial score (nSPS) is 20.2. The SMILES string of the molecule is CN1CCNC(=O)C12CCN(C(=O)c1ccc(-c3ccn[nH]3)cc1)CC2. The van der Waals surface area contributed by atoms with E-state index in [9.17, 15) is 9.59 Å². The molecule has 0 radical (unpaired) electrons. The van der Waals surface area contributed by atoms with Crippen LogP contribution in [0.5, 0.6) is 0 Å². The number of benzene rings is 1. The molecule has 7 nitrogen and oxygen atoms in total. The highest BCUT2D eigenvalue weighted by Gasteiger charge is 2.47. The fourth-order valence-electron chi connectivity index (χ4n) is 3.97. The van der Waals surface area contributed by atoms with Gasteiger partial charge in [0.05, 0.1) is 5.69 Å². The minimum Gasteiger partial charge on any atom is -0.353 e. The number of hydrogen-bond acceptors (Lipinski definition) is 4. The lowest BCUT2D eigenvalue weighted by Gasteiger charge is -2.48. The fourth-order valence-corrected chi connectivity index (χ4v) is 3.97. The third kappa shape index (κ3) is 2.78. The van der Waals surface area contributed by atoms with E-state index in [-0.39, 0.29) is 11.8 Å². The van der Waals surface area contributed by atoms with Crippen molar-refractivity contribution < 1.29 is 9.59 Å². The highest BCUT2D eigenvalue weighted by Crippen LogP contribution is 2.30. The molecule has 2 aliphatic heterocycles. The van der Waals surface area contributed by atoms with Crippen LogP contribution in [-0.2, 0) is 4.79 Å². The quantitative estimate of drug-likeness (QED) is 0.848. The molecule has 0 aliphatic carbocycles. The first-order valence-corrected chi connectivity index (χ1v) is 8.99. The molecule has 0 atom stereocenters. The van der Waals surface area contributed by atoms with Crippen molar-refractivity contribution in [1.82, 2.24) is 25.3 Å². The number of nitrogens with one attached hydrogen (secondary N) is 2. The molecule has 2 aromatic rings. The maximum absolute atomic E-state index is 12.8. The lowest BCUT2D eigenvalue weighted by atomic mass is 9.83. The Hall–Kier alpha value is -2.67. The highest BCUT2D eigenvalue weighted by molar-refractivity contribution is 5.95. The van der Waals surface area contributed by atoms with E-state index in [4.69, 9.17) is 0 Å². The van der Waals surface area contributed by atoms with Gasteiger partial charge >= 0.3 is 0 Å². The van der Waals surface area contributed by atoms with E-state index < -0.39 is 5.54 Å². The van der Waals surface area contributed by atoms with E-state index in [0.29, 0.717) is 38.0 Å². The number of H-pyrrole nitrogens is 1. The van der Waals surface area contributed by atoms with Crippen molar-refractivity contribution >= 4 is 11.8 Å². The molecule has 2 fully saturated rings. The maximum Gasteiger partial charge on any atom is 0.253 e. The monoisotopic (exact) mass is 353 g/mol. The van der Waals surface area contributed by atoms with E-state index in [0.717, 1.165) is 17.8 Å². The molecule has 1 spiro atoms. The summed E-state index contributed by atoms with van der Waals surface area (Å²) in [6.07, 6.45) is 3.05. The third-order valence-electron chi connectivity index (χ3n) is 5.71. The fraction of sp³-hybridized carbons (Fsp3) is 0.421. The number of aromatic nitrogens is 2. The summed E-state index contributed by atoms with van der Waals surface area (Å²) >= 11 is 0. The van der Waals surface area contributed by atoms with Gasteiger partial charge in [0.25, 0.3) is 5.91 Å². The molecule has 136 valence electrons. The van der Waals surface area contributed by atoms with E-state index in [1.54, 1.807) is 6.20 Å². The summed E-state index contributed by atoms with van der Waals surface area (Å²) in [7, 11) is 2.00. The van der Waals surface area contributed by atoms with Crippen molar-refractivity contribution in [2.24, 2.45) is 0 Å². The van der Waals surface area contributed by atoms with Crippen LogP contribution in [0.15, 0.2) is 36.5 Å². The average molecular weight is 353 g/mol. The number of hydrogen-bond donors (Lipinski definition) is 2. The van der Waals surface area contributed by atoms with E-state index >= 15 is 0 Å². The Bertz CT molecular complexity index is 792. The first-order valence-electron chi connectivity index (χ1n) is 8.99. The Balaban J connectivity index is 1.44. The first-order chi connectivity index (χ1) is 12.6. The Labute approximate surface area is 152 Å². The smallest absolute Gasteiger partial charge is 0.253 e. The Morgan fingerprint density at radius 3 is 2.46 bits per heavy atom. The number of nitrogens with zero attached hydrogens (tertiary/aromatic N) is 3. The van der Waals surface area contributed by atoms with Gasteiger partial charge in [-0.2, -0.15) is 5.10 Å². The largest absolute Gasteiger partial charge is 0.353 e. The number of amides is 2. The lowest BCUT2D eigenvalue weighted by molar-refractivity contribution is -0.139. The van der Waals surface area contributed by atoms with Crippen LogP contribution in [0.25, 0.3) is 11.3 Å². The third-order valence-corrected chi connectivity index (χ3v) is 5.71. The molecule has 26 heavy (non-hydrogen) atoms. The average Bonchev–Trinajstić information content (AvgIpc) is 3.21. The van der Waals surface area contributed by atoms with Crippen LogP contribution >= 0.6 is 0 Å². The van der Waals surface area contributed by atoms with Gasteiger partial charge < -0.3 is 10.2 Å². The Morgan fingerprint density at radius 1 is 1.12 bits per heavy atom. The molecular weight excluding hydrogens is 330 g/mol. The van der Waals surface area contributed by atoms with Crippen molar-refractivity contribution in [2.75, 3.05) is 33.2 Å². The summed E-state index contributed by atoms with van der Waals surface area (Å²) in [5, 5.41) is 9.84. The van der Waals surface area contributed by atoms with Gasteiger partial charge in [-0.25, -0.2) is 0 Å². The van der Waals surface area contributed by atoms with E-state index in [1.165, 1.54) is 0 Å². The van der Waals surface area contributed by atoms with Gasteiger partial charge in [0.1, 0.15) is 5.54 Å². The Morgan fingerprint density at radius 2 is 1.85 bits per heavy atom. The van der Waals surface area contributed by atoms with Crippen molar-refractivity contribution in [2.45, 2.75) is 18.4 Å². The topological polar surface area (TPSA) is 81.3 Å². The molecule has 2 aliphatic rings. The van der Waals surface area contributed by atoms with Gasteiger partial charge in [-0.3, -0.25) is 19.6 Å². The van der Waals surface area contributed by atoms with Crippen molar-refractivity contribution in [3.05, 3.63) is 42.1 Å². The van der Waals surface area contributed by atoms with E-state index in [2.05, 4.69) is 20.4 Å². The van der Waals surface area contributed by atoms with Gasteiger partial charge in [0.2, 0.25) is 5.91 Å². The predicted octanol–water partition coefficient (Wildman–Crippen LogP) is 1.11. The second-order valence-corrected chi connectivity index (χ2v) is 7.05. The molecular formula is C19H23N5O2. The number of carbonyl (C=O) groups excluding carboxylic acids is 2. The molecule has 3 heterocycles. The summed E-state index contributed by atoms with van der Waals surface area (Å²) in [6.45, 7) is 2.74. The zero-order chi connectivity index (χ0) is 18.1. The second kappa shape index (κ2) is 6.57. The summed E-state index contributed by atoms with van der Waals surface area (Å²) in [5.41, 5.74) is 2.14. The van der Waals surface area contributed by atoms with Crippen LogP contribution in [0.1, 0.15) is 23.2 Å². The molecule has 0 bridgehead atoms. The van der Waals surface area contributed by atoms with Crippen LogP contribution in [0.4, 0.5) is 0 Å². The first kappa shape index (κ1) is 16.8.